The lowest BCUT2D eigenvalue weighted by Crippen LogP contribution is -2.10. The topological polar surface area (TPSA) is 20.2 Å². The van der Waals surface area contributed by atoms with Gasteiger partial charge >= 0.3 is 0 Å². The van der Waals surface area contributed by atoms with Crippen LogP contribution in [0.25, 0.3) is 0 Å². The fourth-order valence-corrected chi connectivity index (χ4v) is 3.46. The Hall–Kier alpha value is -0.0400. The fraction of sp³-hybridized carbons (Fsp3) is 1.00. The zero-order valence-corrected chi connectivity index (χ0v) is 11.4. The van der Waals surface area contributed by atoms with Crippen LogP contribution >= 0.6 is 0 Å². The summed E-state index contributed by atoms with van der Waals surface area (Å²) in [7, 11) is 0. The van der Waals surface area contributed by atoms with Crippen LogP contribution in [0.5, 0.6) is 0 Å². The summed E-state index contributed by atoms with van der Waals surface area (Å²) in [4.78, 5) is 0. The smallest absolute Gasteiger partial charge is 0.0571 e. The van der Waals surface area contributed by atoms with E-state index in [1.807, 2.05) is 0 Å². The number of aliphatic hydroxyl groups is 1. The standard InChI is InChI=1S/C16H30O/c17-16-12-10-8-6-4-2-1-3-5-7-9-11-14-13-15(14)16/h14-17H,1-13H2/t14-,15-,16-/m0/s1. The van der Waals surface area contributed by atoms with E-state index in [2.05, 4.69) is 0 Å². The molecule has 2 aliphatic rings. The first-order valence-corrected chi connectivity index (χ1v) is 8.06. The highest BCUT2D eigenvalue weighted by Crippen LogP contribution is 2.46. The third-order valence-corrected chi connectivity index (χ3v) is 4.80. The van der Waals surface area contributed by atoms with E-state index < -0.39 is 0 Å². The Morgan fingerprint density at radius 2 is 1.06 bits per heavy atom. The number of aliphatic hydroxyl groups excluding tert-OH is 1. The minimum atomic E-state index is 0.0325. The van der Waals surface area contributed by atoms with Gasteiger partial charge in [0, 0.05) is 0 Å². The van der Waals surface area contributed by atoms with Gasteiger partial charge in [-0.2, -0.15) is 0 Å². The van der Waals surface area contributed by atoms with Crippen molar-refractivity contribution in [2.45, 2.75) is 89.6 Å². The van der Waals surface area contributed by atoms with Crippen LogP contribution in [0.2, 0.25) is 0 Å². The molecule has 0 aliphatic heterocycles. The molecule has 0 spiro atoms. The molecule has 2 saturated carbocycles. The van der Waals surface area contributed by atoms with Gasteiger partial charge in [0.1, 0.15) is 0 Å². The third-order valence-electron chi connectivity index (χ3n) is 4.80. The van der Waals surface area contributed by atoms with E-state index in [0.717, 1.165) is 12.3 Å². The Labute approximate surface area is 107 Å². The van der Waals surface area contributed by atoms with Gasteiger partial charge in [-0.15, -0.1) is 0 Å². The second-order valence-corrected chi connectivity index (χ2v) is 6.34. The van der Waals surface area contributed by atoms with Crippen molar-refractivity contribution in [2.75, 3.05) is 0 Å². The average Bonchev–Trinajstić information content (AvgIpc) is 3.08. The van der Waals surface area contributed by atoms with Gasteiger partial charge in [-0.1, -0.05) is 70.6 Å². The van der Waals surface area contributed by atoms with Crippen molar-refractivity contribution in [3.8, 4) is 0 Å². The second-order valence-electron chi connectivity index (χ2n) is 6.34. The van der Waals surface area contributed by atoms with E-state index in [4.69, 9.17) is 0 Å². The van der Waals surface area contributed by atoms with Crippen molar-refractivity contribution in [3.63, 3.8) is 0 Å². The summed E-state index contributed by atoms with van der Waals surface area (Å²) in [5.41, 5.74) is 0. The summed E-state index contributed by atoms with van der Waals surface area (Å²) in [5.74, 6) is 1.57. The Bertz CT molecular complexity index is 202. The lowest BCUT2D eigenvalue weighted by molar-refractivity contribution is 0.131. The Morgan fingerprint density at radius 3 is 1.65 bits per heavy atom. The van der Waals surface area contributed by atoms with Crippen molar-refractivity contribution < 1.29 is 5.11 Å². The Balaban J connectivity index is 1.67. The SMILES string of the molecule is O[C@H]1CCCCCCCCCCCC[C@H]2C[C@@H]21. The van der Waals surface area contributed by atoms with Crippen LogP contribution in [-0.4, -0.2) is 11.2 Å². The van der Waals surface area contributed by atoms with E-state index in [0.29, 0.717) is 5.92 Å². The molecule has 0 aromatic heterocycles. The lowest BCUT2D eigenvalue weighted by atomic mass is 10.0. The molecule has 0 aromatic rings. The molecule has 2 aliphatic carbocycles. The van der Waals surface area contributed by atoms with Gasteiger partial charge in [-0.25, -0.2) is 0 Å². The Morgan fingerprint density at radius 1 is 0.588 bits per heavy atom. The van der Waals surface area contributed by atoms with Gasteiger partial charge in [-0.3, -0.25) is 0 Å². The molecule has 0 unspecified atom stereocenters. The van der Waals surface area contributed by atoms with Crippen LogP contribution in [-0.2, 0) is 0 Å². The largest absolute Gasteiger partial charge is 0.393 e. The Kier molecular flexibility index (Phi) is 5.84. The molecule has 0 amide bonds. The highest BCUT2D eigenvalue weighted by atomic mass is 16.3. The van der Waals surface area contributed by atoms with E-state index in [9.17, 15) is 5.11 Å². The van der Waals surface area contributed by atoms with Crippen molar-refractivity contribution in [2.24, 2.45) is 11.8 Å². The van der Waals surface area contributed by atoms with Crippen molar-refractivity contribution >= 4 is 0 Å². The highest BCUT2D eigenvalue weighted by Gasteiger charge is 2.40. The first-order chi connectivity index (χ1) is 8.38. The van der Waals surface area contributed by atoms with Gasteiger partial charge in [0.25, 0.3) is 0 Å². The van der Waals surface area contributed by atoms with Crippen molar-refractivity contribution in [1.29, 1.82) is 0 Å². The monoisotopic (exact) mass is 238 g/mol. The molecule has 100 valence electrons. The van der Waals surface area contributed by atoms with Crippen LogP contribution in [0, 0.1) is 11.8 Å². The maximum Gasteiger partial charge on any atom is 0.0571 e. The van der Waals surface area contributed by atoms with Crippen molar-refractivity contribution in [1.82, 2.24) is 0 Å². The number of rotatable bonds is 0. The number of hydrogen-bond acceptors (Lipinski definition) is 1. The minimum Gasteiger partial charge on any atom is -0.393 e. The quantitative estimate of drug-likeness (QED) is 0.650. The number of fused-ring (bicyclic) bond motifs is 1. The fourth-order valence-electron chi connectivity index (χ4n) is 3.46. The molecule has 0 heterocycles. The normalized spacial score (nSPS) is 37.6. The molecule has 2 fully saturated rings. The second kappa shape index (κ2) is 7.41. The summed E-state index contributed by atoms with van der Waals surface area (Å²) in [6.07, 6.45) is 17.9. The van der Waals surface area contributed by atoms with Gasteiger partial charge in [0.05, 0.1) is 6.10 Å². The minimum absolute atomic E-state index is 0.0325. The predicted molar refractivity (Wildman–Crippen MR) is 73.0 cm³/mol. The van der Waals surface area contributed by atoms with Crippen LogP contribution in [0.4, 0.5) is 0 Å². The molecular formula is C16H30O. The molecule has 1 N–H and O–H groups in total. The molecule has 0 bridgehead atoms. The van der Waals surface area contributed by atoms with E-state index in [-0.39, 0.29) is 6.10 Å². The summed E-state index contributed by atoms with van der Waals surface area (Å²) in [6.45, 7) is 0. The molecule has 0 aromatic carbocycles. The van der Waals surface area contributed by atoms with Crippen LogP contribution in [0.3, 0.4) is 0 Å². The number of hydrogen-bond donors (Lipinski definition) is 1. The maximum absolute atomic E-state index is 10.1. The van der Waals surface area contributed by atoms with Crippen LogP contribution in [0.1, 0.15) is 83.5 Å². The molecule has 1 nitrogen and oxygen atoms in total. The van der Waals surface area contributed by atoms with Gasteiger partial charge in [0.15, 0.2) is 0 Å². The van der Waals surface area contributed by atoms with Crippen LogP contribution in [0.15, 0.2) is 0 Å². The maximum atomic E-state index is 10.1. The first kappa shape index (κ1) is 13.4. The summed E-state index contributed by atoms with van der Waals surface area (Å²) >= 11 is 0. The summed E-state index contributed by atoms with van der Waals surface area (Å²) in [6, 6.07) is 0. The van der Waals surface area contributed by atoms with Gasteiger partial charge in [0.2, 0.25) is 0 Å². The molecule has 2 rings (SSSR count). The molecule has 0 radical (unpaired) electrons. The summed E-state index contributed by atoms with van der Waals surface area (Å²) in [5, 5.41) is 10.1. The molecule has 1 heteroatoms. The zero-order valence-electron chi connectivity index (χ0n) is 11.4. The van der Waals surface area contributed by atoms with Gasteiger partial charge in [-0.05, 0) is 24.7 Å². The average molecular weight is 238 g/mol. The van der Waals surface area contributed by atoms with Gasteiger partial charge < -0.3 is 5.11 Å². The first-order valence-electron chi connectivity index (χ1n) is 8.06. The lowest BCUT2D eigenvalue weighted by Gasteiger charge is -2.09. The van der Waals surface area contributed by atoms with E-state index in [1.54, 1.807) is 0 Å². The molecule has 17 heavy (non-hydrogen) atoms. The molecular weight excluding hydrogens is 208 g/mol. The van der Waals surface area contributed by atoms with E-state index in [1.165, 1.54) is 77.0 Å². The van der Waals surface area contributed by atoms with Crippen LogP contribution < -0.4 is 0 Å². The van der Waals surface area contributed by atoms with E-state index >= 15 is 0 Å². The predicted octanol–water partition coefficient (Wildman–Crippen LogP) is 4.68. The molecule has 3 atom stereocenters. The molecule has 0 saturated heterocycles. The summed E-state index contributed by atoms with van der Waals surface area (Å²) < 4.78 is 0. The zero-order chi connectivity index (χ0) is 11.9. The highest BCUT2D eigenvalue weighted by molar-refractivity contribution is 4.91. The third kappa shape index (κ3) is 4.99. The van der Waals surface area contributed by atoms with Crippen molar-refractivity contribution in [3.05, 3.63) is 0 Å².